The van der Waals surface area contributed by atoms with Gasteiger partial charge in [0, 0.05) is 11.3 Å². The van der Waals surface area contributed by atoms with Crippen LogP contribution >= 0.6 is 35.6 Å². The summed E-state index contributed by atoms with van der Waals surface area (Å²) in [5.74, 6) is 0.608. The molecule has 0 aliphatic rings. The Hall–Kier alpha value is -0.190. The molecule has 0 radical (unpaired) electrons. The first-order valence-electron chi connectivity index (χ1n) is 3.84. The molecule has 0 aliphatic heterocycles. The molecule has 0 aromatic carbocycles. The molecule has 1 rings (SSSR count). The van der Waals surface area contributed by atoms with E-state index < -0.39 is 0 Å². The summed E-state index contributed by atoms with van der Waals surface area (Å²) in [6, 6.07) is 3.74. The molecule has 1 N–H and O–H groups in total. The van der Waals surface area contributed by atoms with E-state index >= 15 is 0 Å². The predicted molar refractivity (Wildman–Crippen MR) is 59.6 cm³/mol. The maximum atomic E-state index is 11.0. The lowest BCUT2D eigenvalue weighted by Gasteiger charge is -2.00. The Labute approximate surface area is 91.7 Å². The minimum atomic E-state index is 0.0273. The minimum Gasteiger partial charge on any atom is -0.351 e. The Balaban J connectivity index is 2.30. The molecule has 13 heavy (non-hydrogen) atoms. The van der Waals surface area contributed by atoms with Gasteiger partial charge in [0.1, 0.15) is 0 Å². The van der Waals surface area contributed by atoms with Crippen LogP contribution < -0.4 is 5.32 Å². The van der Waals surface area contributed by atoms with Crippen molar-refractivity contribution in [2.45, 2.75) is 13.0 Å². The number of halogens is 1. The van der Waals surface area contributed by atoms with Crippen molar-refractivity contribution in [2.75, 3.05) is 5.75 Å². The smallest absolute Gasteiger partial charge is 0.221 e. The van der Waals surface area contributed by atoms with Gasteiger partial charge in [-0.1, -0.05) is 11.6 Å². The molecule has 0 bridgehead atoms. The summed E-state index contributed by atoms with van der Waals surface area (Å²) in [6.07, 6.45) is 0.461. The van der Waals surface area contributed by atoms with Gasteiger partial charge >= 0.3 is 0 Å². The van der Waals surface area contributed by atoms with E-state index in [4.69, 9.17) is 11.6 Å². The van der Waals surface area contributed by atoms with Crippen LogP contribution in [0.2, 0.25) is 4.34 Å². The van der Waals surface area contributed by atoms with Crippen LogP contribution in [-0.2, 0) is 11.3 Å². The molecule has 0 saturated heterocycles. The van der Waals surface area contributed by atoms with Gasteiger partial charge in [-0.3, -0.25) is 4.79 Å². The van der Waals surface area contributed by atoms with Crippen molar-refractivity contribution in [1.29, 1.82) is 0 Å². The molecule has 1 aromatic rings. The fourth-order valence-corrected chi connectivity index (χ4v) is 2.05. The van der Waals surface area contributed by atoms with Gasteiger partial charge in [0.25, 0.3) is 0 Å². The third kappa shape index (κ3) is 4.02. The molecule has 2 nitrogen and oxygen atoms in total. The number of thiol groups is 1. The van der Waals surface area contributed by atoms with E-state index in [9.17, 15) is 4.79 Å². The van der Waals surface area contributed by atoms with Crippen molar-refractivity contribution < 1.29 is 4.79 Å². The molecule has 0 saturated carbocycles. The molecular formula is C8H10ClNOS2. The van der Waals surface area contributed by atoms with Gasteiger partial charge in [0.15, 0.2) is 0 Å². The topological polar surface area (TPSA) is 29.1 Å². The molecule has 72 valence electrons. The molecule has 0 unspecified atom stereocenters. The SMILES string of the molecule is O=C(CCS)NCc1ccc(Cl)s1. The maximum absolute atomic E-state index is 11.0. The van der Waals surface area contributed by atoms with Crippen LogP contribution in [0.4, 0.5) is 0 Å². The van der Waals surface area contributed by atoms with Crippen LogP contribution in [-0.4, -0.2) is 11.7 Å². The number of amides is 1. The summed E-state index contributed by atoms with van der Waals surface area (Å²) >= 11 is 11.2. The Bertz CT molecular complexity index is 287. The van der Waals surface area contributed by atoms with Crippen molar-refractivity contribution >= 4 is 41.5 Å². The highest BCUT2D eigenvalue weighted by atomic mass is 35.5. The highest BCUT2D eigenvalue weighted by molar-refractivity contribution is 7.80. The van der Waals surface area contributed by atoms with Crippen LogP contribution in [0.5, 0.6) is 0 Å². The highest BCUT2D eigenvalue weighted by Gasteiger charge is 2.01. The molecular weight excluding hydrogens is 226 g/mol. The van der Waals surface area contributed by atoms with Crippen molar-refractivity contribution in [1.82, 2.24) is 5.32 Å². The highest BCUT2D eigenvalue weighted by Crippen LogP contribution is 2.20. The number of rotatable bonds is 4. The molecule has 1 aromatic heterocycles. The van der Waals surface area contributed by atoms with Crippen molar-refractivity contribution in [3.8, 4) is 0 Å². The average molecular weight is 236 g/mol. The normalized spacial score (nSPS) is 10.0. The zero-order chi connectivity index (χ0) is 9.68. The largest absolute Gasteiger partial charge is 0.351 e. The maximum Gasteiger partial charge on any atom is 0.221 e. The molecule has 0 atom stereocenters. The van der Waals surface area contributed by atoms with E-state index in [0.29, 0.717) is 18.7 Å². The minimum absolute atomic E-state index is 0.0273. The zero-order valence-electron chi connectivity index (χ0n) is 6.92. The van der Waals surface area contributed by atoms with Crippen LogP contribution in [0.25, 0.3) is 0 Å². The van der Waals surface area contributed by atoms with Gasteiger partial charge in [-0.15, -0.1) is 11.3 Å². The number of nitrogens with one attached hydrogen (secondary N) is 1. The van der Waals surface area contributed by atoms with E-state index in [1.165, 1.54) is 11.3 Å². The Morgan fingerprint density at radius 2 is 2.38 bits per heavy atom. The van der Waals surface area contributed by atoms with Gasteiger partial charge in [-0.05, 0) is 17.9 Å². The average Bonchev–Trinajstić information content (AvgIpc) is 2.49. The third-order valence-electron chi connectivity index (χ3n) is 1.43. The Morgan fingerprint density at radius 1 is 1.62 bits per heavy atom. The van der Waals surface area contributed by atoms with E-state index in [-0.39, 0.29) is 5.91 Å². The standard InChI is InChI=1S/C8H10ClNOS2/c9-7-2-1-6(13-7)5-10-8(11)3-4-12/h1-2,12H,3-5H2,(H,10,11). The lowest BCUT2D eigenvalue weighted by atomic mass is 10.4. The number of carbonyl (C=O) groups excluding carboxylic acids is 1. The fraction of sp³-hybridized carbons (Fsp3) is 0.375. The van der Waals surface area contributed by atoms with Gasteiger partial charge < -0.3 is 5.32 Å². The lowest BCUT2D eigenvalue weighted by Crippen LogP contribution is -2.22. The molecule has 0 spiro atoms. The summed E-state index contributed by atoms with van der Waals surface area (Å²) in [7, 11) is 0. The summed E-state index contributed by atoms with van der Waals surface area (Å²) < 4.78 is 0.749. The molecule has 0 aliphatic carbocycles. The first-order chi connectivity index (χ1) is 6.22. The van der Waals surface area contributed by atoms with Crippen molar-refractivity contribution in [3.05, 3.63) is 21.3 Å². The first-order valence-corrected chi connectivity index (χ1v) is 5.67. The fourth-order valence-electron chi connectivity index (χ4n) is 0.822. The molecule has 1 amide bonds. The van der Waals surface area contributed by atoms with E-state index in [1.807, 2.05) is 12.1 Å². The second kappa shape index (κ2) is 5.52. The third-order valence-corrected chi connectivity index (χ3v) is 2.88. The predicted octanol–water partition coefficient (Wildman–Crippen LogP) is 2.34. The van der Waals surface area contributed by atoms with Gasteiger partial charge in [-0.2, -0.15) is 12.6 Å². The Morgan fingerprint density at radius 3 is 2.92 bits per heavy atom. The summed E-state index contributed by atoms with van der Waals surface area (Å²) in [5.41, 5.74) is 0. The second-order valence-electron chi connectivity index (χ2n) is 2.46. The molecule has 1 heterocycles. The van der Waals surface area contributed by atoms with Gasteiger partial charge in [0.05, 0.1) is 10.9 Å². The van der Waals surface area contributed by atoms with Gasteiger partial charge in [0.2, 0.25) is 5.91 Å². The van der Waals surface area contributed by atoms with Crippen LogP contribution in [0.1, 0.15) is 11.3 Å². The number of hydrogen-bond donors (Lipinski definition) is 2. The zero-order valence-corrected chi connectivity index (χ0v) is 9.38. The van der Waals surface area contributed by atoms with Crippen molar-refractivity contribution in [3.63, 3.8) is 0 Å². The summed E-state index contributed by atoms with van der Waals surface area (Å²) in [6.45, 7) is 0.560. The second-order valence-corrected chi connectivity index (χ2v) is 4.70. The summed E-state index contributed by atoms with van der Waals surface area (Å²) in [4.78, 5) is 12.1. The Kier molecular flexibility index (Phi) is 4.62. The van der Waals surface area contributed by atoms with Gasteiger partial charge in [-0.25, -0.2) is 0 Å². The molecule has 5 heteroatoms. The molecule has 0 fully saturated rings. The number of hydrogen-bond acceptors (Lipinski definition) is 3. The van der Waals surface area contributed by atoms with Crippen LogP contribution in [0.15, 0.2) is 12.1 Å². The first kappa shape index (κ1) is 10.9. The lowest BCUT2D eigenvalue weighted by molar-refractivity contribution is -0.120. The number of carbonyl (C=O) groups is 1. The summed E-state index contributed by atoms with van der Waals surface area (Å²) in [5, 5.41) is 2.78. The quantitative estimate of drug-likeness (QED) is 0.771. The monoisotopic (exact) mass is 235 g/mol. The van der Waals surface area contributed by atoms with E-state index in [2.05, 4.69) is 17.9 Å². The van der Waals surface area contributed by atoms with Crippen molar-refractivity contribution in [2.24, 2.45) is 0 Å². The van der Waals surface area contributed by atoms with E-state index in [1.54, 1.807) is 0 Å². The van der Waals surface area contributed by atoms with Crippen LogP contribution in [0.3, 0.4) is 0 Å². The number of thiophene rings is 1. The van der Waals surface area contributed by atoms with Crippen LogP contribution in [0, 0.1) is 0 Å². The van der Waals surface area contributed by atoms with E-state index in [0.717, 1.165) is 9.21 Å².